The quantitative estimate of drug-likeness (QED) is 0.275. The second kappa shape index (κ2) is 10.7. The topological polar surface area (TPSA) is 119 Å². The van der Waals surface area contributed by atoms with E-state index in [0.717, 1.165) is 40.3 Å². The number of rotatable bonds is 5. The van der Waals surface area contributed by atoms with Crippen LogP contribution in [0.3, 0.4) is 0 Å². The van der Waals surface area contributed by atoms with Gasteiger partial charge < -0.3 is 25.2 Å². The first-order valence-corrected chi connectivity index (χ1v) is 13.8. The summed E-state index contributed by atoms with van der Waals surface area (Å²) in [5.41, 5.74) is 11.1. The van der Waals surface area contributed by atoms with E-state index in [1.54, 1.807) is 29.3 Å². The molecule has 6 rings (SSSR count). The molecule has 212 valence electrons. The van der Waals surface area contributed by atoms with E-state index in [2.05, 4.69) is 34.1 Å². The van der Waals surface area contributed by atoms with Crippen LogP contribution in [0.25, 0.3) is 26.7 Å². The Balaban J connectivity index is 1.44. The van der Waals surface area contributed by atoms with E-state index in [9.17, 15) is 14.7 Å². The van der Waals surface area contributed by atoms with Gasteiger partial charge in [0.05, 0.1) is 20.1 Å². The van der Waals surface area contributed by atoms with E-state index in [4.69, 9.17) is 21.8 Å². The van der Waals surface area contributed by atoms with Crippen LogP contribution < -0.4 is 10.5 Å². The molecule has 1 fully saturated rings. The molecule has 0 radical (unpaired) electrons. The lowest BCUT2D eigenvalue weighted by molar-refractivity contribution is -0.136. The number of likely N-dealkylation sites (tertiary alicyclic amines) is 1. The molecule has 4 aromatic rings. The number of nitrogens with zero attached hydrogens (tertiary/aromatic N) is 3. The molecule has 42 heavy (non-hydrogen) atoms. The molecule has 1 aromatic heterocycles. The highest BCUT2D eigenvalue weighted by Gasteiger charge is 2.47. The number of amides is 1. The number of nitrogens with two attached hydrogens (primary N) is 1. The smallest absolute Gasteiger partial charge is 0.409 e. The Hall–Kier alpha value is -5.10. The number of aliphatic carboxylic acids is 1. The molecule has 1 amide bonds. The highest BCUT2D eigenvalue weighted by molar-refractivity contribution is 6.01. The number of hydrogen-bond acceptors (Lipinski definition) is 6. The first-order valence-electron chi connectivity index (χ1n) is 13.8. The molecule has 3 aromatic carbocycles. The van der Waals surface area contributed by atoms with Crippen molar-refractivity contribution in [2.45, 2.75) is 37.2 Å². The summed E-state index contributed by atoms with van der Waals surface area (Å²) >= 11 is 0. The Labute approximate surface area is 243 Å². The molecule has 0 saturated carbocycles. The largest absolute Gasteiger partial charge is 0.487 e. The molecule has 1 aliphatic heterocycles. The molecule has 9 nitrogen and oxygen atoms in total. The van der Waals surface area contributed by atoms with Crippen LogP contribution in [0.4, 0.5) is 16.3 Å². The maximum atomic E-state index is 12.2. The number of hydrogen-bond donors (Lipinski definition) is 2. The van der Waals surface area contributed by atoms with Crippen molar-refractivity contribution in [1.29, 1.82) is 0 Å². The zero-order valence-electron chi connectivity index (χ0n) is 23.2. The highest BCUT2D eigenvalue weighted by Crippen LogP contribution is 2.53. The van der Waals surface area contributed by atoms with E-state index in [-0.39, 0.29) is 24.0 Å². The summed E-state index contributed by atoms with van der Waals surface area (Å²) in [5.74, 6) is -0.0973. The summed E-state index contributed by atoms with van der Waals surface area (Å²) in [6, 6.07) is 19.3. The van der Waals surface area contributed by atoms with Crippen LogP contribution >= 0.6 is 0 Å². The summed E-state index contributed by atoms with van der Waals surface area (Å²) < 4.78 is 11.6. The van der Waals surface area contributed by atoms with Crippen molar-refractivity contribution in [3.05, 3.63) is 95.0 Å². The zero-order chi connectivity index (χ0) is 29.4. The average Bonchev–Trinajstić information content (AvgIpc) is 3.29. The number of carboxylic acids is 1. The van der Waals surface area contributed by atoms with Crippen molar-refractivity contribution in [3.63, 3.8) is 0 Å². The fraction of sp³-hybridized carbons (Fsp3) is 0.273. The molecule has 3 N–H and O–H groups in total. The molecule has 1 atom stereocenters. The van der Waals surface area contributed by atoms with Gasteiger partial charge in [-0.1, -0.05) is 42.5 Å². The van der Waals surface area contributed by atoms with E-state index in [1.807, 2.05) is 18.2 Å². The van der Waals surface area contributed by atoms with Crippen molar-refractivity contribution < 1.29 is 24.2 Å². The van der Waals surface area contributed by atoms with E-state index in [1.165, 1.54) is 12.7 Å². The first kappa shape index (κ1) is 27.1. The number of ether oxygens (including phenoxy) is 2. The van der Waals surface area contributed by atoms with Gasteiger partial charge in [0.1, 0.15) is 17.7 Å². The Morgan fingerprint density at radius 2 is 1.93 bits per heavy atom. The van der Waals surface area contributed by atoms with E-state index in [0.29, 0.717) is 42.3 Å². The van der Waals surface area contributed by atoms with Gasteiger partial charge in [0.25, 0.3) is 0 Å². The first-order chi connectivity index (χ1) is 20.3. The number of carbonyl (C=O) groups excluding carboxylic acids is 1. The predicted octanol–water partition coefficient (Wildman–Crippen LogP) is 6.29. The van der Waals surface area contributed by atoms with Gasteiger partial charge >= 0.3 is 12.1 Å². The number of aromatic nitrogens is 1. The minimum Gasteiger partial charge on any atom is -0.487 e. The third-order valence-electron chi connectivity index (χ3n) is 8.64. The van der Waals surface area contributed by atoms with Crippen molar-refractivity contribution in [2.75, 3.05) is 25.9 Å². The minimum atomic E-state index is -0.971. The third kappa shape index (κ3) is 4.75. The molecular weight excluding hydrogens is 532 g/mol. The van der Waals surface area contributed by atoms with E-state index < -0.39 is 5.97 Å². The number of pyridine rings is 1. The molecule has 1 spiro atoms. The second-order valence-corrected chi connectivity index (χ2v) is 10.9. The lowest BCUT2D eigenvalue weighted by Gasteiger charge is -2.39. The average molecular weight is 563 g/mol. The lowest BCUT2D eigenvalue weighted by atomic mass is 9.73. The van der Waals surface area contributed by atoms with Crippen molar-refractivity contribution in [3.8, 4) is 16.9 Å². The summed E-state index contributed by atoms with van der Waals surface area (Å²) in [4.78, 5) is 33.4. The normalized spacial score (nSPS) is 17.0. The van der Waals surface area contributed by atoms with Gasteiger partial charge in [-0.2, -0.15) is 0 Å². The molecule has 9 heteroatoms. The standard InChI is InChI=1S/C33H30N4O5/c1-35-22-8-6-21(17-30(38)39)28(18-22)42-29-19-33(11-14-37(15-12-33)32(40)41-2)27-9-7-20(16-26(27)29)23-4-3-5-25-24(23)10-13-36-31(25)34/h3-10,13,16,18,29H,11-12,14-15,17,19H2,2H3,(H2,34,36)(H,38,39). The summed E-state index contributed by atoms with van der Waals surface area (Å²) in [6.45, 7) is 8.61. The lowest BCUT2D eigenvalue weighted by Crippen LogP contribution is -2.44. The van der Waals surface area contributed by atoms with Crippen LogP contribution in [0.15, 0.2) is 66.9 Å². The van der Waals surface area contributed by atoms with Gasteiger partial charge in [0.2, 0.25) is 0 Å². The minimum absolute atomic E-state index is 0.210. The van der Waals surface area contributed by atoms with Crippen LogP contribution in [0, 0.1) is 6.57 Å². The molecule has 0 bridgehead atoms. The SMILES string of the molecule is [C-]#[N+]c1ccc(CC(=O)O)c(OC2CC3(CCN(C(=O)OC)CC3)c3ccc(-c4cccc5c(N)nccc45)cc32)c1. The fourth-order valence-electron chi connectivity index (χ4n) is 6.55. The Bertz CT molecular complexity index is 1750. The molecule has 2 heterocycles. The number of benzene rings is 3. The van der Waals surface area contributed by atoms with Crippen molar-refractivity contribution in [2.24, 2.45) is 0 Å². The van der Waals surface area contributed by atoms with Gasteiger partial charge in [-0.3, -0.25) is 4.79 Å². The summed E-state index contributed by atoms with van der Waals surface area (Å²) in [6.07, 6.45) is 2.95. The molecular formula is C33H30N4O5. The Kier molecular flexibility index (Phi) is 6.91. The number of methoxy groups -OCH3 is 1. The van der Waals surface area contributed by atoms with Crippen LogP contribution in [0.5, 0.6) is 5.75 Å². The number of piperidine rings is 1. The second-order valence-electron chi connectivity index (χ2n) is 10.9. The van der Waals surface area contributed by atoms with E-state index >= 15 is 0 Å². The van der Waals surface area contributed by atoms with Crippen molar-refractivity contribution in [1.82, 2.24) is 9.88 Å². The maximum Gasteiger partial charge on any atom is 0.409 e. The molecule has 2 aliphatic rings. The summed E-state index contributed by atoms with van der Waals surface area (Å²) in [5, 5.41) is 11.4. The molecule has 1 saturated heterocycles. The van der Waals surface area contributed by atoms with Gasteiger partial charge in [0, 0.05) is 35.7 Å². The highest BCUT2D eigenvalue weighted by atomic mass is 16.5. The fourth-order valence-corrected chi connectivity index (χ4v) is 6.55. The molecule has 1 aliphatic carbocycles. The number of anilines is 1. The number of nitrogen functional groups attached to an aromatic ring is 1. The van der Waals surface area contributed by atoms with Gasteiger partial charge in [-0.25, -0.2) is 14.6 Å². The summed E-state index contributed by atoms with van der Waals surface area (Å²) in [7, 11) is 1.39. The number of carboxylic acid groups (broad SMARTS) is 1. The zero-order valence-corrected chi connectivity index (χ0v) is 23.2. The van der Waals surface area contributed by atoms with Crippen LogP contribution in [-0.4, -0.2) is 47.3 Å². The van der Waals surface area contributed by atoms with Gasteiger partial charge in [-0.05, 0) is 65.1 Å². The van der Waals surface area contributed by atoms with Gasteiger partial charge in [0.15, 0.2) is 5.69 Å². The Morgan fingerprint density at radius 3 is 2.67 bits per heavy atom. The monoisotopic (exact) mass is 562 g/mol. The number of fused-ring (bicyclic) bond motifs is 3. The predicted molar refractivity (Wildman–Crippen MR) is 159 cm³/mol. The number of carbonyl (C=O) groups is 2. The Morgan fingerprint density at radius 1 is 1.12 bits per heavy atom. The third-order valence-corrected chi connectivity index (χ3v) is 8.64. The van der Waals surface area contributed by atoms with Crippen LogP contribution in [-0.2, 0) is 21.4 Å². The van der Waals surface area contributed by atoms with Crippen LogP contribution in [0.2, 0.25) is 0 Å². The maximum absolute atomic E-state index is 12.2. The van der Waals surface area contributed by atoms with Crippen molar-refractivity contribution >= 4 is 34.3 Å². The molecule has 1 unspecified atom stereocenters. The van der Waals surface area contributed by atoms with Crippen LogP contribution in [0.1, 0.15) is 42.1 Å². The van der Waals surface area contributed by atoms with Gasteiger partial charge in [-0.15, -0.1) is 0 Å².